The fraction of sp³-hybridized carbons (Fsp3) is 0.133. The van der Waals surface area contributed by atoms with Gasteiger partial charge >= 0.3 is 0 Å². The summed E-state index contributed by atoms with van der Waals surface area (Å²) < 4.78 is 5.93. The van der Waals surface area contributed by atoms with E-state index in [1.807, 2.05) is 18.2 Å². The number of aromatic nitrogens is 2. The highest BCUT2D eigenvalue weighted by Gasteiger charge is 2.20. The second-order valence-electron chi connectivity index (χ2n) is 4.57. The molecule has 3 heteroatoms. The molecule has 4 rings (SSSR count). The van der Waals surface area contributed by atoms with E-state index < -0.39 is 0 Å². The van der Waals surface area contributed by atoms with Crippen LogP contribution in [0.5, 0.6) is 0 Å². The lowest BCUT2D eigenvalue weighted by Crippen LogP contribution is -1.96. The third-order valence-electron chi connectivity index (χ3n) is 3.45. The average molecular weight is 236 g/mol. The van der Waals surface area contributed by atoms with Crippen LogP contribution < -0.4 is 0 Å². The van der Waals surface area contributed by atoms with Gasteiger partial charge in [-0.05, 0) is 18.6 Å². The molecule has 1 aliphatic rings. The van der Waals surface area contributed by atoms with Gasteiger partial charge in [-0.15, -0.1) is 0 Å². The van der Waals surface area contributed by atoms with E-state index in [-0.39, 0.29) is 0 Å². The summed E-state index contributed by atoms with van der Waals surface area (Å²) in [6.07, 6.45) is 9.44. The van der Waals surface area contributed by atoms with Gasteiger partial charge in [0.1, 0.15) is 16.8 Å². The largest absolute Gasteiger partial charge is 0.452 e. The van der Waals surface area contributed by atoms with Crippen LogP contribution in [0.2, 0.25) is 0 Å². The van der Waals surface area contributed by atoms with Gasteiger partial charge in [0.2, 0.25) is 0 Å². The topological polar surface area (TPSA) is 41.8 Å². The fourth-order valence-corrected chi connectivity index (χ4v) is 2.54. The Morgan fingerprint density at radius 2 is 2.17 bits per heavy atom. The highest BCUT2D eigenvalue weighted by atomic mass is 16.3. The Kier molecular flexibility index (Phi) is 1.94. The van der Waals surface area contributed by atoms with Gasteiger partial charge in [0, 0.05) is 11.3 Å². The minimum atomic E-state index is 0.310. The van der Waals surface area contributed by atoms with Crippen molar-refractivity contribution in [1.29, 1.82) is 0 Å². The first-order chi connectivity index (χ1) is 8.93. The van der Waals surface area contributed by atoms with E-state index in [4.69, 9.17) is 4.42 Å². The number of fused-ring (bicyclic) bond motifs is 3. The maximum Gasteiger partial charge on any atom is 0.177 e. The lowest BCUT2D eigenvalue weighted by Gasteiger charge is -2.08. The van der Waals surface area contributed by atoms with Crippen molar-refractivity contribution in [2.24, 2.45) is 0 Å². The van der Waals surface area contributed by atoms with Crippen molar-refractivity contribution < 1.29 is 4.42 Å². The van der Waals surface area contributed by atoms with E-state index in [0.29, 0.717) is 5.92 Å². The summed E-state index contributed by atoms with van der Waals surface area (Å²) in [6, 6.07) is 8.05. The van der Waals surface area contributed by atoms with Gasteiger partial charge < -0.3 is 4.42 Å². The first-order valence-electron chi connectivity index (χ1n) is 6.12. The van der Waals surface area contributed by atoms with Gasteiger partial charge in [-0.3, -0.25) is 5.10 Å². The molecule has 88 valence electrons. The van der Waals surface area contributed by atoms with E-state index in [1.54, 1.807) is 0 Å². The number of aromatic amines is 1. The van der Waals surface area contributed by atoms with Crippen LogP contribution in [-0.2, 0) is 0 Å². The first-order valence-corrected chi connectivity index (χ1v) is 6.12. The molecule has 3 nitrogen and oxygen atoms in total. The zero-order valence-corrected chi connectivity index (χ0v) is 9.76. The van der Waals surface area contributed by atoms with Gasteiger partial charge in [-0.25, -0.2) is 0 Å². The van der Waals surface area contributed by atoms with E-state index in [2.05, 4.69) is 40.6 Å². The van der Waals surface area contributed by atoms with Crippen molar-refractivity contribution in [1.82, 2.24) is 10.2 Å². The summed E-state index contributed by atoms with van der Waals surface area (Å²) in [7, 11) is 0. The molecule has 1 aromatic carbocycles. The average Bonchev–Trinajstić information content (AvgIpc) is 2.98. The molecule has 18 heavy (non-hydrogen) atoms. The number of furan rings is 1. The Morgan fingerprint density at radius 3 is 3.06 bits per heavy atom. The van der Waals surface area contributed by atoms with E-state index in [0.717, 1.165) is 34.2 Å². The Hall–Kier alpha value is -2.29. The van der Waals surface area contributed by atoms with Crippen LogP contribution in [0.4, 0.5) is 0 Å². The summed E-state index contributed by atoms with van der Waals surface area (Å²) in [5.41, 5.74) is 3.81. The Labute approximate surface area is 104 Å². The molecule has 0 aliphatic heterocycles. The molecule has 1 atom stereocenters. The summed E-state index contributed by atoms with van der Waals surface area (Å²) in [5.74, 6) is 0.310. The van der Waals surface area contributed by atoms with Crippen LogP contribution in [-0.4, -0.2) is 10.2 Å². The number of rotatable bonds is 1. The molecule has 0 amide bonds. The van der Waals surface area contributed by atoms with E-state index >= 15 is 0 Å². The van der Waals surface area contributed by atoms with Crippen molar-refractivity contribution in [3.05, 3.63) is 54.3 Å². The van der Waals surface area contributed by atoms with Gasteiger partial charge in [-0.1, -0.05) is 36.4 Å². The lowest BCUT2D eigenvalue weighted by molar-refractivity contribution is 0.653. The molecular formula is C15H12N2O. The maximum absolute atomic E-state index is 5.93. The number of hydrogen-bond donors (Lipinski definition) is 1. The molecule has 2 aromatic heterocycles. The molecule has 1 unspecified atom stereocenters. The van der Waals surface area contributed by atoms with Crippen molar-refractivity contribution in [3.8, 4) is 0 Å². The number of nitrogens with zero attached hydrogens (tertiary/aromatic N) is 1. The molecule has 3 aromatic rings. The van der Waals surface area contributed by atoms with Crippen molar-refractivity contribution in [3.63, 3.8) is 0 Å². The third kappa shape index (κ3) is 1.27. The van der Waals surface area contributed by atoms with Crippen LogP contribution in [0.1, 0.15) is 18.0 Å². The van der Waals surface area contributed by atoms with Crippen LogP contribution in [0, 0.1) is 0 Å². The van der Waals surface area contributed by atoms with Crippen LogP contribution in [0.15, 0.2) is 53.0 Å². The van der Waals surface area contributed by atoms with Crippen molar-refractivity contribution in [2.75, 3.05) is 0 Å². The van der Waals surface area contributed by atoms with Gasteiger partial charge in [0.05, 0.1) is 0 Å². The monoisotopic (exact) mass is 236 g/mol. The SMILES string of the molecule is C1=CCC(c2n[nH]c3c2oc2ccccc23)C=C1. The number of benzene rings is 1. The van der Waals surface area contributed by atoms with Gasteiger partial charge in [0.25, 0.3) is 0 Å². The smallest absolute Gasteiger partial charge is 0.177 e. The normalized spacial score (nSPS) is 19.0. The van der Waals surface area contributed by atoms with Crippen molar-refractivity contribution >= 4 is 22.1 Å². The highest BCUT2D eigenvalue weighted by Crippen LogP contribution is 2.34. The zero-order chi connectivity index (χ0) is 11.9. The Bertz CT molecular complexity index is 776. The second kappa shape index (κ2) is 3.60. The maximum atomic E-state index is 5.93. The molecule has 0 spiro atoms. The van der Waals surface area contributed by atoms with E-state index in [1.165, 1.54) is 0 Å². The quantitative estimate of drug-likeness (QED) is 0.696. The standard InChI is InChI=1S/C15H12N2O/c1-2-6-10(7-3-1)13-15-14(17-16-13)11-8-4-5-9-12(11)18-15/h1-6,8-10H,7H2,(H,16,17). The minimum absolute atomic E-state index is 0.310. The number of allylic oxidation sites excluding steroid dienone is 4. The number of nitrogens with one attached hydrogen (secondary N) is 1. The van der Waals surface area contributed by atoms with Crippen molar-refractivity contribution in [2.45, 2.75) is 12.3 Å². The number of H-pyrrole nitrogens is 1. The van der Waals surface area contributed by atoms with Crippen LogP contribution in [0.3, 0.4) is 0 Å². The molecule has 1 N–H and O–H groups in total. The molecule has 0 saturated heterocycles. The molecular weight excluding hydrogens is 224 g/mol. The molecule has 0 bridgehead atoms. The summed E-state index contributed by atoms with van der Waals surface area (Å²) in [5, 5.41) is 8.63. The second-order valence-corrected chi connectivity index (χ2v) is 4.57. The van der Waals surface area contributed by atoms with Gasteiger partial charge in [-0.2, -0.15) is 5.10 Å². The molecule has 0 fully saturated rings. The first kappa shape index (κ1) is 9.71. The number of hydrogen-bond acceptors (Lipinski definition) is 2. The Balaban J connectivity index is 1.96. The van der Waals surface area contributed by atoms with Crippen LogP contribution >= 0.6 is 0 Å². The Morgan fingerprint density at radius 1 is 1.22 bits per heavy atom. The molecule has 0 radical (unpaired) electrons. The predicted octanol–water partition coefficient (Wildman–Crippen LogP) is 3.91. The van der Waals surface area contributed by atoms with E-state index in [9.17, 15) is 0 Å². The number of para-hydroxylation sites is 1. The minimum Gasteiger partial charge on any atom is -0.452 e. The lowest BCUT2D eigenvalue weighted by atomic mass is 9.97. The molecule has 0 saturated carbocycles. The molecule has 1 aliphatic carbocycles. The zero-order valence-electron chi connectivity index (χ0n) is 9.76. The van der Waals surface area contributed by atoms with Crippen LogP contribution in [0.25, 0.3) is 22.1 Å². The highest BCUT2D eigenvalue weighted by molar-refractivity contribution is 6.03. The summed E-state index contributed by atoms with van der Waals surface area (Å²) in [6.45, 7) is 0. The summed E-state index contributed by atoms with van der Waals surface area (Å²) >= 11 is 0. The third-order valence-corrected chi connectivity index (χ3v) is 3.45. The predicted molar refractivity (Wildman–Crippen MR) is 71.5 cm³/mol. The van der Waals surface area contributed by atoms with Gasteiger partial charge in [0.15, 0.2) is 5.58 Å². The molecule has 2 heterocycles. The fourth-order valence-electron chi connectivity index (χ4n) is 2.54. The summed E-state index contributed by atoms with van der Waals surface area (Å²) in [4.78, 5) is 0.